The minimum atomic E-state index is -3.96. The molecule has 36 heavy (non-hydrogen) atoms. The van der Waals surface area contributed by atoms with Crippen molar-refractivity contribution in [3.63, 3.8) is 0 Å². The zero-order valence-corrected chi connectivity index (χ0v) is 20.8. The van der Waals surface area contributed by atoms with E-state index in [1.165, 1.54) is 4.31 Å². The zero-order valence-electron chi connectivity index (χ0n) is 20.0. The van der Waals surface area contributed by atoms with Crippen LogP contribution in [0.5, 0.6) is 5.75 Å². The highest BCUT2D eigenvalue weighted by Crippen LogP contribution is 2.29. The van der Waals surface area contributed by atoms with Crippen LogP contribution in [0.25, 0.3) is 0 Å². The number of anilines is 1. The van der Waals surface area contributed by atoms with Gasteiger partial charge in [0.25, 0.3) is 15.9 Å². The fraction of sp³-hybridized carbons (Fsp3) is 0.138. The normalized spacial score (nSPS) is 11.0. The SMILES string of the molecule is CCOc1ccccc1CNC(=O)c1ccccc1N(Cc1ccccc1)S(=O)(=O)c1ccccc1. The number of hydrogen-bond donors (Lipinski definition) is 1. The van der Waals surface area contributed by atoms with Gasteiger partial charge in [-0.2, -0.15) is 0 Å². The van der Waals surface area contributed by atoms with E-state index in [-0.39, 0.29) is 29.5 Å². The standard InChI is InChI=1S/C29H28N2O4S/c1-2-35-28-20-12-9-15-24(28)21-30-29(32)26-18-10-11-19-27(26)31(22-23-13-5-3-6-14-23)36(33,34)25-16-7-4-8-17-25/h3-20H,2,21-22H2,1H3,(H,30,32). The molecular formula is C29H28N2O4S. The molecule has 0 bridgehead atoms. The number of carbonyl (C=O) groups is 1. The van der Waals surface area contributed by atoms with E-state index in [4.69, 9.17) is 4.74 Å². The second-order valence-corrected chi connectivity index (χ2v) is 9.91. The van der Waals surface area contributed by atoms with Gasteiger partial charge < -0.3 is 10.1 Å². The molecule has 184 valence electrons. The molecule has 0 saturated carbocycles. The molecule has 1 N–H and O–H groups in total. The second-order valence-electron chi connectivity index (χ2n) is 8.05. The summed E-state index contributed by atoms with van der Waals surface area (Å²) in [7, 11) is -3.96. The van der Waals surface area contributed by atoms with Crippen molar-refractivity contribution >= 4 is 21.6 Å². The predicted octanol–water partition coefficient (Wildman–Crippen LogP) is 5.41. The maximum Gasteiger partial charge on any atom is 0.264 e. The Bertz CT molecular complexity index is 1410. The Labute approximate surface area is 212 Å². The average Bonchev–Trinajstić information content (AvgIpc) is 2.92. The predicted molar refractivity (Wildman–Crippen MR) is 141 cm³/mol. The van der Waals surface area contributed by atoms with Gasteiger partial charge in [-0.05, 0) is 42.8 Å². The smallest absolute Gasteiger partial charge is 0.264 e. The summed E-state index contributed by atoms with van der Waals surface area (Å²) in [5.41, 5.74) is 2.21. The Morgan fingerprint density at radius 2 is 1.42 bits per heavy atom. The largest absolute Gasteiger partial charge is 0.494 e. The number of benzene rings is 4. The van der Waals surface area contributed by atoms with Crippen molar-refractivity contribution in [2.24, 2.45) is 0 Å². The summed E-state index contributed by atoms with van der Waals surface area (Å²) in [6.45, 7) is 2.74. The van der Waals surface area contributed by atoms with Crippen LogP contribution in [0.1, 0.15) is 28.4 Å². The molecule has 0 saturated heterocycles. The summed E-state index contributed by atoms with van der Waals surface area (Å²) in [5.74, 6) is 0.323. The lowest BCUT2D eigenvalue weighted by Gasteiger charge is -2.26. The van der Waals surface area contributed by atoms with E-state index >= 15 is 0 Å². The maximum atomic E-state index is 13.8. The van der Waals surface area contributed by atoms with Crippen LogP contribution in [0.4, 0.5) is 5.69 Å². The minimum absolute atomic E-state index is 0.0789. The third kappa shape index (κ3) is 5.75. The van der Waals surface area contributed by atoms with Crippen LogP contribution in [-0.2, 0) is 23.1 Å². The van der Waals surface area contributed by atoms with Gasteiger partial charge in [-0.1, -0.05) is 78.9 Å². The molecule has 0 atom stereocenters. The van der Waals surface area contributed by atoms with Crippen molar-refractivity contribution in [1.29, 1.82) is 0 Å². The molecule has 0 heterocycles. The third-order valence-electron chi connectivity index (χ3n) is 5.63. The Balaban J connectivity index is 1.69. The van der Waals surface area contributed by atoms with Crippen LogP contribution in [-0.4, -0.2) is 20.9 Å². The quantitative estimate of drug-likeness (QED) is 0.316. The van der Waals surface area contributed by atoms with E-state index in [1.54, 1.807) is 54.6 Å². The molecule has 0 aliphatic carbocycles. The van der Waals surface area contributed by atoms with E-state index in [0.717, 1.165) is 11.1 Å². The topological polar surface area (TPSA) is 75.7 Å². The highest BCUT2D eigenvalue weighted by molar-refractivity contribution is 7.92. The van der Waals surface area contributed by atoms with E-state index in [1.807, 2.05) is 61.5 Å². The molecule has 0 aliphatic rings. The first-order valence-electron chi connectivity index (χ1n) is 11.7. The number of nitrogens with zero attached hydrogens (tertiary/aromatic N) is 1. The molecule has 1 amide bonds. The molecule has 0 aromatic heterocycles. The van der Waals surface area contributed by atoms with Gasteiger partial charge in [0, 0.05) is 12.1 Å². The molecule has 0 spiro atoms. The van der Waals surface area contributed by atoms with Crippen molar-refractivity contribution < 1.29 is 17.9 Å². The molecule has 7 heteroatoms. The minimum Gasteiger partial charge on any atom is -0.494 e. The van der Waals surface area contributed by atoms with E-state index in [9.17, 15) is 13.2 Å². The number of sulfonamides is 1. The fourth-order valence-corrected chi connectivity index (χ4v) is 5.36. The van der Waals surface area contributed by atoms with Crippen LogP contribution >= 0.6 is 0 Å². The molecular weight excluding hydrogens is 472 g/mol. The highest BCUT2D eigenvalue weighted by atomic mass is 32.2. The number of para-hydroxylation sites is 2. The van der Waals surface area contributed by atoms with Crippen LogP contribution in [0, 0.1) is 0 Å². The van der Waals surface area contributed by atoms with Gasteiger partial charge in [0.05, 0.1) is 29.3 Å². The lowest BCUT2D eigenvalue weighted by atomic mass is 10.1. The Hall–Kier alpha value is -4.10. The molecule has 4 rings (SSSR count). The van der Waals surface area contributed by atoms with Crippen molar-refractivity contribution in [1.82, 2.24) is 5.32 Å². The van der Waals surface area contributed by atoms with Gasteiger partial charge in [-0.25, -0.2) is 8.42 Å². The van der Waals surface area contributed by atoms with Crippen molar-refractivity contribution in [3.05, 3.63) is 126 Å². The average molecular weight is 501 g/mol. The first-order chi connectivity index (χ1) is 17.5. The van der Waals surface area contributed by atoms with Crippen molar-refractivity contribution in [2.45, 2.75) is 24.9 Å². The van der Waals surface area contributed by atoms with Gasteiger partial charge >= 0.3 is 0 Å². The number of ether oxygens (including phenoxy) is 1. The Kier molecular flexibility index (Phi) is 8.02. The van der Waals surface area contributed by atoms with Gasteiger partial charge in [0.2, 0.25) is 0 Å². The lowest BCUT2D eigenvalue weighted by molar-refractivity contribution is 0.0951. The van der Waals surface area contributed by atoms with Crippen molar-refractivity contribution in [3.8, 4) is 5.75 Å². The number of rotatable bonds is 10. The first kappa shape index (κ1) is 25.0. The monoisotopic (exact) mass is 500 g/mol. The van der Waals surface area contributed by atoms with Gasteiger partial charge in [-0.3, -0.25) is 9.10 Å². The van der Waals surface area contributed by atoms with Crippen molar-refractivity contribution in [2.75, 3.05) is 10.9 Å². The molecule has 6 nitrogen and oxygen atoms in total. The third-order valence-corrected chi connectivity index (χ3v) is 7.40. The Morgan fingerprint density at radius 1 is 0.806 bits per heavy atom. The molecule has 0 aliphatic heterocycles. The highest BCUT2D eigenvalue weighted by Gasteiger charge is 2.28. The van der Waals surface area contributed by atoms with Crippen LogP contribution < -0.4 is 14.4 Å². The van der Waals surface area contributed by atoms with E-state index < -0.39 is 10.0 Å². The molecule has 0 fully saturated rings. The van der Waals surface area contributed by atoms with E-state index in [2.05, 4.69) is 5.32 Å². The second kappa shape index (κ2) is 11.6. The maximum absolute atomic E-state index is 13.8. The van der Waals surface area contributed by atoms with Crippen LogP contribution in [0.3, 0.4) is 0 Å². The molecule has 0 unspecified atom stereocenters. The number of carbonyl (C=O) groups excluding carboxylic acids is 1. The van der Waals surface area contributed by atoms with Gasteiger partial charge in [0.1, 0.15) is 5.75 Å². The number of amides is 1. The number of hydrogen-bond acceptors (Lipinski definition) is 4. The Morgan fingerprint density at radius 3 is 2.14 bits per heavy atom. The van der Waals surface area contributed by atoms with Gasteiger partial charge in [0.15, 0.2) is 0 Å². The lowest BCUT2D eigenvalue weighted by Crippen LogP contribution is -2.33. The summed E-state index contributed by atoms with van der Waals surface area (Å²) < 4.78 is 34.5. The summed E-state index contributed by atoms with van der Waals surface area (Å²) in [6, 6.07) is 31.8. The van der Waals surface area contributed by atoms with Crippen LogP contribution in [0.2, 0.25) is 0 Å². The molecule has 4 aromatic carbocycles. The molecule has 4 aromatic rings. The summed E-state index contributed by atoms with van der Waals surface area (Å²) in [4.78, 5) is 13.5. The zero-order chi connectivity index (χ0) is 25.4. The van der Waals surface area contributed by atoms with Crippen LogP contribution in [0.15, 0.2) is 114 Å². The summed E-state index contributed by atoms with van der Waals surface area (Å²) in [5, 5.41) is 2.92. The fourth-order valence-electron chi connectivity index (χ4n) is 3.87. The first-order valence-corrected chi connectivity index (χ1v) is 13.1. The van der Waals surface area contributed by atoms with Gasteiger partial charge in [-0.15, -0.1) is 0 Å². The summed E-state index contributed by atoms with van der Waals surface area (Å²) in [6.07, 6.45) is 0. The number of nitrogens with one attached hydrogen (secondary N) is 1. The molecule has 0 radical (unpaired) electrons. The summed E-state index contributed by atoms with van der Waals surface area (Å²) >= 11 is 0. The van der Waals surface area contributed by atoms with E-state index in [0.29, 0.717) is 18.0 Å².